The van der Waals surface area contributed by atoms with E-state index in [2.05, 4.69) is 5.32 Å². The molecule has 0 aromatic heterocycles. The first-order valence-electron chi connectivity index (χ1n) is 8.55. The van der Waals surface area contributed by atoms with Crippen LogP contribution < -0.4 is 14.2 Å². The van der Waals surface area contributed by atoms with Gasteiger partial charge in [-0.05, 0) is 31.0 Å². The number of nitrogens with one attached hydrogen (secondary N) is 1. The van der Waals surface area contributed by atoms with Gasteiger partial charge in [-0.2, -0.15) is 8.42 Å². The quantitative estimate of drug-likeness (QED) is 0.734. The summed E-state index contributed by atoms with van der Waals surface area (Å²) in [6.07, 6.45) is 2.82. The van der Waals surface area contributed by atoms with Gasteiger partial charge in [0, 0.05) is 11.6 Å². The molecule has 2 aromatic carbocycles. The third-order valence-corrected chi connectivity index (χ3v) is 4.63. The van der Waals surface area contributed by atoms with Crippen LogP contribution in [0.15, 0.2) is 48.5 Å². The van der Waals surface area contributed by atoms with E-state index in [4.69, 9.17) is 8.92 Å². The molecule has 2 aromatic rings. The van der Waals surface area contributed by atoms with Gasteiger partial charge in [0.05, 0.1) is 25.6 Å². The topological polar surface area (TPSA) is 84.9 Å². The molecule has 0 heterocycles. The summed E-state index contributed by atoms with van der Waals surface area (Å²) < 4.78 is 33.3. The van der Waals surface area contributed by atoms with Gasteiger partial charge in [-0.15, -0.1) is 0 Å². The summed E-state index contributed by atoms with van der Waals surface area (Å²) in [5.74, 6) is 0.804. The highest BCUT2D eigenvalue weighted by atomic mass is 32.2. The van der Waals surface area contributed by atoms with Crippen molar-refractivity contribution in [2.24, 2.45) is 0 Å². The molecule has 27 heavy (non-hydrogen) atoms. The summed E-state index contributed by atoms with van der Waals surface area (Å²) in [5.41, 5.74) is 1.21. The number of carbonyl (C=O) groups is 1. The van der Waals surface area contributed by atoms with Gasteiger partial charge in [0.2, 0.25) is 0 Å². The van der Waals surface area contributed by atoms with Crippen LogP contribution in [0.2, 0.25) is 0 Å². The second-order valence-electron chi connectivity index (χ2n) is 6.38. The molecule has 1 aliphatic carbocycles. The number of anilines is 1. The Balaban J connectivity index is 1.80. The Labute approximate surface area is 159 Å². The van der Waals surface area contributed by atoms with Crippen molar-refractivity contribution in [2.75, 3.05) is 18.7 Å². The number of benzene rings is 2. The van der Waals surface area contributed by atoms with E-state index in [0.29, 0.717) is 17.0 Å². The molecular formula is C19H22N2O5S. The van der Waals surface area contributed by atoms with E-state index < -0.39 is 10.1 Å². The van der Waals surface area contributed by atoms with E-state index in [0.717, 1.165) is 19.1 Å². The molecule has 7 nitrogen and oxygen atoms in total. The molecule has 0 saturated heterocycles. The van der Waals surface area contributed by atoms with E-state index in [1.54, 1.807) is 48.4 Å². The number of para-hydroxylation sites is 3. The molecule has 0 unspecified atom stereocenters. The Kier molecular flexibility index (Phi) is 5.55. The van der Waals surface area contributed by atoms with Crippen molar-refractivity contribution in [3.8, 4) is 11.5 Å². The molecule has 0 bridgehead atoms. The number of hydrogen-bond acceptors (Lipinski definition) is 5. The zero-order valence-corrected chi connectivity index (χ0v) is 16.0. The highest BCUT2D eigenvalue weighted by molar-refractivity contribution is 7.86. The Hall–Kier alpha value is -2.74. The monoisotopic (exact) mass is 390 g/mol. The maximum Gasteiger partial charge on any atom is 0.322 e. The number of urea groups is 1. The smallest absolute Gasteiger partial charge is 0.322 e. The van der Waals surface area contributed by atoms with Crippen molar-refractivity contribution in [3.63, 3.8) is 0 Å². The molecule has 0 aliphatic heterocycles. The van der Waals surface area contributed by atoms with Crippen LogP contribution in [0, 0.1) is 0 Å². The Morgan fingerprint density at radius 2 is 1.74 bits per heavy atom. The zero-order chi connectivity index (χ0) is 19.4. The minimum Gasteiger partial charge on any atom is -0.495 e. The normalized spacial score (nSPS) is 13.7. The summed E-state index contributed by atoms with van der Waals surface area (Å²) >= 11 is 0. The lowest BCUT2D eigenvalue weighted by atomic mass is 10.2. The fourth-order valence-corrected chi connectivity index (χ4v) is 3.24. The van der Waals surface area contributed by atoms with Crippen LogP contribution >= 0.6 is 0 Å². The average molecular weight is 390 g/mol. The van der Waals surface area contributed by atoms with Crippen molar-refractivity contribution >= 4 is 21.8 Å². The van der Waals surface area contributed by atoms with Gasteiger partial charge in [0.15, 0.2) is 0 Å². The molecule has 144 valence electrons. The van der Waals surface area contributed by atoms with Crippen LogP contribution in [0.1, 0.15) is 18.4 Å². The minimum absolute atomic E-state index is 0.117. The van der Waals surface area contributed by atoms with E-state index >= 15 is 0 Å². The van der Waals surface area contributed by atoms with Crippen LogP contribution in [0.25, 0.3) is 0 Å². The van der Waals surface area contributed by atoms with Crippen molar-refractivity contribution < 1.29 is 22.1 Å². The largest absolute Gasteiger partial charge is 0.495 e. The van der Waals surface area contributed by atoms with Crippen molar-refractivity contribution in [2.45, 2.75) is 25.4 Å². The molecule has 0 atom stereocenters. The fraction of sp³-hybridized carbons (Fsp3) is 0.316. The van der Waals surface area contributed by atoms with E-state index in [1.807, 2.05) is 12.1 Å². The first-order valence-corrected chi connectivity index (χ1v) is 10.4. The Morgan fingerprint density at radius 3 is 2.37 bits per heavy atom. The SMILES string of the molecule is COc1ccccc1NC(=O)N(Cc1ccccc1OS(C)(=O)=O)C1CC1. The molecule has 1 fully saturated rings. The highest BCUT2D eigenvalue weighted by Gasteiger charge is 2.33. The number of carbonyl (C=O) groups excluding carboxylic acids is 1. The van der Waals surface area contributed by atoms with E-state index in [1.165, 1.54) is 0 Å². The number of amides is 2. The summed E-state index contributed by atoms with van der Waals surface area (Å²) in [6.45, 7) is 0.247. The predicted octanol–water partition coefficient (Wildman–Crippen LogP) is 3.23. The summed E-state index contributed by atoms with van der Waals surface area (Å²) in [4.78, 5) is 14.6. The Bertz CT molecular complexity index is 925. The van der Waals surface area contributed by atoms with Crippen LogP contribution in [0.4, 0.5) is 10.5 Å². The summed E-state index contributed by atoms with van der Waals surface area (Å²) in [5, 5.41) is 2.87. The number of methoxy groups -OCH3 is 1. The van der Waals surface area contributed by atoms with Gasteiger partial charge in [0.25, 0.3) is 0 Å². The maximum absolute atomic E-state index is 12.9. The van der Waals surface area contributed by atoms with Crippen LogP contribution in [-0.4, -0.2) is 38.8 Å². The van der Waals surface area contributed by atoms with Crippen LogP contribution in [0.5, 0.6) is 11.5 Å². The lowest BCUT2D eigenvalue weighted by Crippen LogP contribution is -2.36. The minimum atomic E-state index is -3.65. The zero-order valence-electron chi connectivity index (χ0n) is 15.2. The van der Waals surface area contributed by atoms with Gasteiger partial charge in [0.1, 0.15) is 11.5 Å². The fourth-order valence-electron chi connectivity index (χ4n) is 2.75. The van der Waals surface area contributed by atoms with Gasteiger partial charge in [-0.1, -0.05) is 30.3 Å². The summed E-state index contributed by atoms with van der Waals surface area (Å²) in [6, 6.07) is 13.8. The van der Waals surface area contributed by atoms with E-state index in [-0.39, 0.29) is 24.4 Å². The van der Waals surface area contributed by atoms with E-state index in [9.17, 15) is 13.2 Å². The molecule has 0 radical (unpaired) electrons. The van der Waals surface area contributed by atoms with Gasteiger partial charge in [-0.3, -0.25) is 0 Å². The molecule has 1 aliphatic rings. The Morgan fingerprint density at radius 1 is 1.11 bits per heavy atom. The maximum atomic E-state index is 12.9. The highest BCUT2D eigenvalue weighted by Crippen LogP contribution is 2.32. The second-order valence-corrected chi connectivity index (χ2v) is 7.96. The van der Waals surface area contributed by atoms with Crippen molar-refractivity contribution in [3.05, 3.63) is 54.1 Å². The van der Waals surface area contributed by atoms with Crippen LogP contribution in [0.3, 0.4) is 0 Å². The summed E-state index contributed by atoms with van der Waals surface area (Å²) in [7, 11) is -2.11. The molecule has 0 spiro atoms. The number of ether oxygens (including phenoxy) is 1. The number of hydrogen-bond donors (Lipinski definition) is 1. The molecule has 1 N–H and O–H groups in total. The first-order chi connectivity index (χ1) is 12.9. The lowest BCUT2D eigenvalue weighted by molar-refractivity contribution is 0.205. The third kappa shape index (κ3) is 5.13. The molecule has 1 saturated carbocycles. The lowest BCUT2D eigenvalue weighted by Gasteiger charge is -2.24. The second kappa shape index (κ2) is 7.87. The van der Waals surface area contributed by atoms with Crippen molar-refractivity contribution in [1.82, 2.24) is 4.90 Å². The van der Waals surface area contributed by atoms with Gasteiger partial charge < -0.3 is 19.1 Å². The molecule has 3 rings (SSSR count). The molecule has 8 heteroatoms. The van der Waals surface area contributed by atoms with Crippen molar-refractivity contribution in [1.29, 1.82) is 0 Å². The van der Waals surface area contributed by atoms with Crippen LogP contribution in [-0.2, 0) is 16.7 Å². The number of rotatable bonds is 7. The van der Waals surface area contributed by atoms with Gasteiger partial charge in [-0.25, -0.2) is 4.79 Å². The van der Waals surface area contributed by atoms with Gasteiger partial charge >= 0.3 is 16.1 Å². The third-order valence-electron chi connectivity index (χ3n) is 4.15. The average Bonchev–Trinajstić information content (AvgIpc) is 3.45. The molecule has 2 amide bonds. The first kappa shape index (κ1) is 19.0. The molecular weight excluding hydrogens is 368 g/mol. The predicted molar refractivity (Wildman–Crippen MR) is 102 cm³/mol. The number of nitrogens with zero attached hydrogens (tertiary/aromatic N) is 1. The standard InChI is InChI=1S/C19H22N2O5S/c1-25-18-10-6-4-8-16(18)20-19(22)21(15-11-12-15)13-14-7-3-5-9-17(14)26-27(2,23)24/h3-10,15H,11-13H2,1-2H3,(H,20,22).